The quantitative estimate of drug-likeness (QED) is 0.240. The number of thioether (sulfide) groups is 1. The summed E-state index contributed by atoms with van der Waals surface area (Å²) in [6.07, 6.45) is 7.00. The molecule has 12 heteroatoms. The second-order valence-corrected chi connectivity index (χ2v) is 9.06. The molecule has 3 aromatic heterocycles. The van der Waals surface area contributed by atoms with Crippen LogP contribution in [0.1, 0.15) is 25.6 Å². The van der Waals surface area contributed by atoms with Crippen LogP contribution >= 0.6 is 11.8 Å². The summed E-state index contributed by atoms with van der Waals surface area (Å²) in [6, 6.07) is 6.53. The van der Waals surface area contributed by atoms with Crippen LogP contribution < -0.4 is 10.1 Å². The Morgan fingerprint density at radius 3 is 2.79 bits per heavy atom. The van der Waals surface area contributed by atoms with Gasteiger partial charge >= 0.3 is 6.61 Å². The van der Waals surface area contributed by atoms with E-state index in [0.29, 0.717) is 22.5 Å². The highest BCUT2D eigenvalue weighted by Crippen LogP contribution is 2.38. The smallest absolute Gasteiger partial charge is 0.387 e. The molecular weight excluding hydrogens is 466 g/mol. The van der Waals surface area contributed by atoms with E-state index in [9.17, 15) is 19.0 Å². The first kappa shape index (κ1) is 23.9. The van der Waals surface area contributed by atoms with E-state index in [2.05, 4.69) is 20.5 Å². The van der Waals surface area contributed by atoms with Crippen molar-refractivity contribution in [2.45, 2.75) is 43.7 Å². The number of aliphatic hydroxyl groups is 2. The molecule has 1 aromatic carbocycles. The number of hydrogen-bond acceptors (Lipinski definition) is 8. The van der Waals surface area contributed by atoms with Gasteiger partial charge in [0.15, 0.2) is 11.9 Å². The molecule has 0 bridgehead atoms. The standard InChI is InChI=1S/C22H24F2N6O3S/c1-22(2,32)12-29-11-16(27-20(31)15-10-26-30-8-4-7-25-19(15)30)18(28-29)14-9-13(34-3)5-6-17(14)33-21(23)24/h4-11,20-21,27,31-32H,12H2,1-3H3. The lowest BCUT2D eigenvalue weighted by Crippen LogP contribution is -2.26. The molecule has 0 spiro atoms. The summed E-state index contributed by atoms with van der Waals surface area (Å²) in [4.78, 5) is 5.06. The fourth-order valence-electron chi connectivity index (χ4n) is 3.49. The maximum Gasteiger partial charge on any atom is 0.387 e. The van der Waals surface area contributed by atoms with Crippen LogP contribution in [0.3, 0.4) is 0 Å². The summed E-state index contributed by atoms with van der Waals surface area (Å²) in [7, 11) is 0. The maximum absolute atomic E-state index is 13.1. The molecule has 1 unspecified atom stereocenters. The van der Waals surface area contributed by atoms with Gasteiger partial charge in [0.1, 0.15) is 11.4 Å². The molecule has 0 aliphatic carbocycles. The van der Waals surface area contributed by atoms with Gasteiger partial charge in [0.25, 0.3) is 0 Å². The molecule has 3 heterocycles. The number of ether oxygens (including phenoxy) is 1. The van der Waals surface area contributed by atoms with E-state index >= 15 is 0 Å². The number of alkyl halides is 2. The molecule has 0 radical (unpaired) electrons. The third-order valence-electron chi connectivity index (χ3n) is 4.86. The molecule has 0 amide bonds. The minimum Gasteiger partial charge on any atom is -0.434 e. The van der Waals surface area contributed by atoms with Crippen molar-refractivity contribution in [1.29, 1.82) is 0 Å². The van der Waals surface area contributed by atoms with Crippen LogP contribution in [-0.4, -0.2) is 53.1 Å². The third-order valence-corrected chi connectivity index (χ3v) is 5.59. The number of fused-ring (bicyclic) bond motifs is 1. The Morgan fingerprint density at radius 2 is 2.09 bits per heavy atom. The Balaban J connectivity index is 1.78. The number of aromatic nitrogens is 5. The van der Waals surface area contributed by atoms with Gasteiger partial charge in [0.2, 0.25) is 0 Å². The lowest BCUT2D eigenvalue weighted by atomic mass is 10.1. The predicted octanol–water partition coefficient (Wildman–Crippen LogP) is 3.79. The van der Waals surface area contributed by atoms with E-state index in [1.807, 2.05) is 6.26 Å². The van der Waals surface area contributed by atoms with E-state index in [1.54, 1.807) is 50.6 Å². The SMILES string of the molecule is CSc1ccc(OC(F)F)c(-c2nn(CC(C)(C)O)cc2NC(O)c2cnn3cccnc23)c1. The van der Waals surface area contributed by atoms with Crippen molar-refractivity contribution in [2.75, 3.05) is 11.6 Å². The van der Waals surface area contributed by atoms with Gasteiger partial charge in [-0.15, -0.1) is 11.8 Å². The van der Waals surface area contributed by atoms with Crippen LogP contribution in [0.15, 0.2) is 53.9 Å². The number of aliphatic hydroxyl groups excluding tert-OH is 1. The fourth-order valence-corrected chi connectivity index (χ4v) is 3.93. The minimum absolute atomic E-state index is 0.0588. The van der Waals surface area contributed by atoms with Crippen LogP contribution in [-0.2, 0) is 6.54 Å². The van der Waals surface area contributed by atoms with Gasteiger partial charge in [0, 0.05) is 29.0 Å². The van der Waals surface area contributed by atoms with Crippen molar-refractivity contribution in [3.63, 3.8) is 0 Å². The Labute approximate surface area is 198 Å². The van der Waals surface area contributed by atoms with Gasteiger partial charge in [-0.1, -0.05) is 0 Å². The lowest BCUT2D eigenvalue weighted by Gasteiger charge is -2.16. The molecule has 4 aromatic rings. The molecule has 180 valence electrons. The Hall–Kier alpha value is -3.22. The van der Waals surface area contributed by atoms with Crippen LogP contribution in [0.5, 0.6) is 5.75 Å². The summed E-state index contributed by atoms with van der Waals surface area (Å²) >= 11 is 1.43. The van der Waals surface area contributed by atoms with Crippen molar-refractivity contribution >= 4 is 23.1 Å². The topological polar surface area (TPSA) is 110 Å². The molecule has 1 atom stereocenters. The maximum atomic E-state index is 13.1. The normalized spacial score (nSPS) is 12.9. The number of benzene rings is 1. The summed E-state index contributed by atoms with van der Waals surface area (Å²) in [5, 5.41) is 32.9. The van der Waals surface area contributed by atoms with E-state index in [1.165, 1.54) is 33.2 Å². The molecule has 34 heavy (non-hydrogen) atoms. The van der Waals surface area contributed by atoms with Crippen LogP contribution in [0.25, 0.3) is 16.9 Å². The van der Waals surface area contributed by atoms with Gasteiger partial charge in [-0.25, -0.2) is 9.50 Å². The van der Waals surface area contributed by atoms with Gasteiger partial charge in [0.05, 0.1) is 29.6 Å². The highest BCUT2D eigenvalue weighted by molar-refractivity contribution is 7.98. The average molecular weight is 491 g/mol. The Kier molecular flexibility index (Phi) is 6.73. The number of nitrogens with one attached hydrogen (secondary N) is 1. The van der Waals surface area contributed by atoms with E-state index in [4.69, 9.17) is 4.74 Å². The summed E-state index contributed by atoms with van der Waals surface area (Å²) in [6.45, 7) is 0.356. The van der Waals surface area contributed by atoms with E-state index in [-0.39, 0.29) is 18.0 Å². The van der Waals surface area contributed by atoms with Gasteiger partial charge < -0.3 is 20.3 Å². The second-order valence-electron chi connectivity index (χ2n) is 8.18. The van der Waals surface area contributed by atoms with Crippen LogP contribution in [0.4, 0.5) is 14.5 Å². The molecule has 0 aliphatic heterocycles. The number of nitrogens with zero attached hydrogens (tertiary/aromatic N) is 5. The van der Waals surface area contributed by atoms with Crippen LogP contribution in [0.2, 0.25) is 0 Å². The van der Waals surface area contributed by atoms with Crippen LogP contribution in [0, 0.1) is 0 Å². The van der Waals surface area contributed by atoms with E-state index < -0.39 is 18.4 Å². The van der Waals surface area contributed by atoms with Crippen molar-refractivity contribution in [2.24, 2.45) is 0 Å². The average Bonchev–Trinajstić information content (AvgIpc) is 3.36. The zero-order valence-electron chi connectivity index (χ0n) is 18.7. The minimum atomic E-state index is -3.02. The largest absolute Gasteiger partial charge is 0.434 e. The lowest BCUT2D eigenvalue weighted by molar-refractivity contribution is -0.0494. The van der Waals surface area contributed by atoms with Gasteiger partial charge in [-0.2, -0.15) is 19.0 Å². The molecule has 4 rings (SSSR count). The molecular formula is C22H24F2N6O3S. The highest BCUT2D eigenvalue weighted by Gasteiger charge is 2.24. The highest BCUT2D eigenvalue weighted by atomic mass is 32.2. The Morgan fingerprint density at radius 1 is 1.29 bits per heavy atom. The van der Waals surface area contributed by atoms with Crippen molar-refractivity contribution < 1.29 is 23.7 Å². The number of rotatable bonds is 9. The number of hydrogen-bond donors (Lipinski definition) is 3. The predicted molar refractivity (Wildman–Crippen MR) is 124 cm³/mol. The molecule has 0 saturated carbocycles. The van der Waals surface area contributed by atoms with Gasteiger partial charge in [-0.05, 0) is 44.4 Å². The number of halogens is 2. The zero-order chi connectivity index (χ0) is 24.5. The first-order chi connectivity index (χ1) is 16.1. The molecule has 0 aliphatic rings. The monoisotopic (exact) mass is 490 g/mol. The first-order valence-electron chi connectivity index (χ1n) is 10.3. The van der Waals surface area contributed by atoms with Crippen molar-refractivity contribution in [1.82, 2.24) is 24.4 Å². The zero-order valence-corrected chi connectivity index (χ0v) is 19.5. The number of anilines is 1. The molecule has 0 fully saturated rings. The molecule has 9 nitrogen and oxygen atoms in total. The first-order valence-corrected chi connectivity index (χ1v) is 11.5. The fraction of sp³-hybridized carbons (Fsp3) is 0.318. The summed E-state index contributed by atoms with van der Waals surface area (Å²) in [5.41, 5.74) is 0.732. The third kappa shape index (κ3) is 5.29. The van der Waals surface area contributed by atoms with E-state index in [0.717, 1.165) is 4.90 Å². The van der Waals surface area contributed by atoms with Crippen molar-refractivity contribution in [3.8, 4) is 17.0 Å². The molecule has 3 N–H and O–H groups in total. The molecule has 0 saturated heterocycles. The Bertz CT molecular complexity index is 1290. The second kappa shape index (κ2) is 9.57. The summed E-state index contributed by atoms with van der Waals surface area (Å²) in [5.74, 6) is -0.0588. The summed E-state index contributed by atoms with van der Waals surface area (Å²) < 4.78 is 34.0. The van der Waals surface area contributed by atoms with Gasteiger partial charge in [-0.3, -0.25) is 4.68 Å². The van der Waals surface area contributed by atoms with Crippen molar-refractivity contribution in [3.05, 3.63) is 54.6 Å².